The van der Waals surface area contributed by atoms with Crippen molar-refractivity contribution in [3.05, 3.63) is 29.8 Å². The maximum absolute atomic E-state index is 12.2. The first-order valence-electron chi connectivity index (χ1n) is 5.54. The Morgan fingerprint density at radius 1 is 1.47 bits per heavy atom. The molecule has 1 rings (SSSR count). The number of benzene rings is 1. The van der Waals surface area contributed by atoms with E-state index in [2.05, 4.69) is 0 Å². The number of hydrogen-bond acceptors (Lipinski definition) is 3. The Morgan fingerprint density at radius 2 is 2.12 bits per heavy atom. The fraction of sp³-hybridized carbons (Fsp3) is 0.462. The average molecular weight is 236 g/mol. The summed E-state index contributed by atoms with van der Waals surface area (Å²) < 4.78 is 5.18. The molecule has 4 heteroatoms. The van der Waals surface area contributed by atoms with Crippen molar-refractivity contribution in [1.29, 1.82) is 0 Å². The van der Waals surface area contributed by atoms with E-state index >= 15 is 0 Å². The summed E-state index contributed by atoms with van der Waals surface area (Å²) in [5.74, 6) is -0.0887. The van der Waals surface area contributed by atoms with Crippen LogP contribution in [-0.2, 0) is 16.1 Å². The Morgan fingerprint density at radius 3 is 2.65 bits per heavy atom. The highest BCUT2D eigenvalue weighted by Gasteiger charge is 2.30. The smallest absolute Gasteiger partial charge is 0.258 e. The van der Waals surface area contributed by atoms with E-state index in [1.165, 1.54) is 7.11 Å². The molecular weight excluding hydrogens is 216 g/mol. The number of carbonyl (C=O) groups excluding carboxylic acids is 1. The van der Waals surface area contributed by atoms with Gasteiger partial charge in [0.05, 0.1) is 0 Å². The normalized spacial score (nSPS) is 11.4. The Kier molecular flexibility index (Phi) is 4.26. The van der Waals surface area contributed by atoms with E-state index in [9.17, 15) is 4.79 Å². The molecule has 0 aliphatic rings. The van der Waals surface area contributed by atoms with Crippen LogP contribution >= 0.6 is 0 Å². The van der Waals surface area contributed by atoms with E-state index in [0.29, 0.717) is 6.54 Å². The van der Waals surface area contributed by atoms with Gasteiger partial charge in [-0.25, -0.2) is 0 Å². The molecule has 0 aliphatic carbocycles. The molecule has 0 saturated carbocycles. The minimum atomic E-state index is -0.826. The third-order valence-electron chi connectivity index (χ3n) is 2.86. The topological polar surface area (TPSA) is 55.6 Å². The molecule has 4 nitrogen and oxygen atoms in total. The van der Waals surface area contributed by atoms with Crippen molar-refractivity contribution in [1.82, 2.24) is 0 Å². The lowest BCUT2D eigenvalue weighted by molar-refractivity contribution is -0.136. The van der Waals surface area contributed by atoms with E-state index in [1.807, 2.05) is 24.3 Å². The highest BCUT2D eigenvalue weighted by molar-refractivity contribution is 5.98. The molecule has 1 aromatic carbocycles. The molecule has 2 N–H and O–H groups in total. The molecule has 1 amide bonds. The number of rotatable bonds is 4. The predicted octanol–water partition coefficient (Wildman–Crippen LogP) is 1.53. The van der Waals surface area contributed by atoms with Crippen LogP contribution in [0.1, 0.15) is 19.4 Å². The molecule has 0 aliphatic heterocycles. The molecule has 17 heavy (non-hydrogen) atoms. The van der Waals surface area contributed by atoms with Crippen molar-refractivity contribution in [3.8, 4) is 0 Å². The number of likely N-dealkylation sites (N-methyl/N-ethyl adjacent to an activating group) is 1. The number of carbonyl (C=O) groups is 1. The van der Waals surface area contributed by atoms with Gasteiger partial charge in [-0.3, -0.25) is 4.79 Å². The Labute approximate surface area is 102 Å². The zero-order valence-electron chi connectivity index (χ0n) is 10.9. The second kappa shape index (κ2) is 5.29. The maximum Gasteiger partial charge on any atom is 0.258 e. The lowest BCUT2D eigenvalue weighted by Gasteiger charge is -2.28. The molecule has 0 aromatic heterocycles. The SMILES string of the molecule is COC(C)(C)C(=O)N(C)c1cccc(CN)c1. The Bertz CT molecular complexity index is 402. The molecule has 0 heterocycles. The van der Waals surface area contributed by atoms with Gasteiger partial charge in [0.2, 0.25) is 0 Å². The monoisotopic (exact) mass is 236 g/mol. The fourth-order valence-electron chi connectivity index (χ4n) is 1.50. The summed E-state index contributed by atoms with van der Waals surface area (Å²) in [4.78, 5) is 13.8. The Hall–Kier alpha value is -1.39. The van der Waals surface area contributed by atoms with Gasteiger partial charge in [0.15, 0.2) is 0 Å². The van der Waals surface area contributed by atoms with E-state index < -0.39 is 5.60 Å². The number of amides is 1. The van der Waals surface area contributed by atoms with E-state index in [-0.39, 0.29) is 5.91 Å². The number of nitrogens with zero attached hydrogens (tertiary/aromatic N) is 1. The van der Waals surface area contributed by atoms with Crippen LogP contribution in [-0.4, -0.2) is 25.7 Å². The highest BCUT2D eigenvalue weighted by Crippen LogP contribution is 2.19. The van der Waals surface area contributed by atoms with Gasteiger partial charge in [0.1, 0.15) is 5.60 Å². The van der Waals surface area contributed by atoms with E-state index in [1.54, 1.807) is 25.8 Å². The first-order valence-corrected chi connectivity index (χ1v) is 5.54. The zero-order chi connectivity index (χ0) is 13.1. The quantitative estimate of drug-likeness (QED) is 0.862. The number of hydrogen-bond donors (Lipinski definition) is 1. The van der Waals surface area contributed by atoms with Crippen LogP contribution in [0.5, 0.6) is 0 Å². The van der Waals surface area contributed by atoms with Crippen LogP contribution in [0.2, 0.25) is 0 Å². The molecule has 0 spiro atoms. The summed E-state index contributed by atoms with van der Waals surface area (Å²) in [7, 11) is 3.26. The lowest BCUT2D eigenvalue weighted by atomic mass is 10.1. The zero-order valence-corrected chi connectivity index (χ0v) is 10.9. The van der Waals surface area contributed by atoms with Crippen LogP contribution in [0.4, 0.5) is 5.69 Å². The first kappa shape index (κ1) is 13.7. The van der Waals surface area contributed by atoms with Gasteiger partial charge in [-0.1, -0.05) is 12.1 Å². The summed E-state index contributed by atoms with van der Waals surface area (Å²) in [6.07, 6.45) is 0. The van der Waals surface area contributed by atoms with Gasteiger partial charge < -0.3 is 15.4 Å². The second-order valence-corrected chi connectivity index (χ2v) is 4.45. The van der Waals surface area contributed by atoms with Gasteiger partial charge in [0, 0.05) is 26.4 Å². The number of ether oxygens (including phenoxy) is 1. The molecule has 0 saturated heterocycles. The molecule has 0 bridgehead atoms. The highest BCUT2D eigenvalue weighted by atomic mass is 16.5. The van der Waals surface area contributed by atoms with E-state index in [4.69, 9.17) is 10.5 Å². The second-order valence-electron chi connectivity index (χ2n) is 4.45. The third-order valence-corrected chi connectivity index (χ3v) is 2.86. The summed E-state index contributed by atoms with van der Waals surface area (Å²) in [6, 6.07) is 7.61. The summed E-state index contributed by atoms with van der Waals surface area (Å²) in [6.45, 7) is 3.96. The summed E-state index contributed by atoms with van der Waals surface area (Å²) in [5, 5.41) is 0. The average Bonchev–Trinajstić information content (AvgIpc) is 2.37. The van der Waals surface area contributed by atoms with Crippen LogP contribution in [0.25, 0.3) is 0 Å². The predicted molar refractivity (Wildman–Crippen MR) is 68.8 cm³/mol. The molecule has 0 atom stereocenters. The van der Waals surface area contributed by atoms with Crippen molar-refractivity contribution in [2.45, 2.75) is 26.0 Å². The number of methoxy groups -OCH3 is 1. The number of anilines is 1. The van der Waals surface area contributed by atoms with Gasteiger partial charge >= 0.3 is 0 Å². The molecule has 1 aromatic rings. The third kappa shape index (κ3) is 3.05. The molecule has 0 unspecified atom stereocenters. The standard InChI is InChI=1S/C13H20N2O2/c1-13(2,17-4)12(16)15(3)11-7-5-6-10(8-11)9-14/h5-8H,9,14H2,1-4H3. The van der Waals surface area contributed by atoms with Crippen LogP contribution in [0, 0.1) is 0 Å². The molecule has 94 valence electrons. The van der Waals surface area contributed by atoms with E-state index in [0.717, 1.165) is 11.3 Å². The molecular formula is C13H20N2O2. The van der Waals surface area contributed by atoms with Crippen LogP contribution < -0.4 is 10.6 Å². The molecule has 0 radical (unpaired) electrons. The maximum atomic E-state index is 12.2. The van der Waals surface area contributed by atoms with Gasteiger partial charge in [-0.05, 0) is 31.5 Å². The van der Waals surface area contributed by atoms with Crippen LogP contribution in [0.15, 0.2) is 24.3 Å². The van der Waals surface area contributed by atoms with Crippen molar-refractivity contribution >= 4 is 11.6 Å². The summed E-state index contributed by atoms with van der Waals surface area (Å²) >= 11 is 0. The molecule has 0 fully saturated rings. The minimum absolute atomic E-state index is 0.0887. The van der Waals surface area contributed by atoms with Crippen molar-refractivity contribution < 1.29 is 9.53 Å². The number of nitrogens with two attached hydrogens (primary N) is 1. The first-order chi connectivity index (χ1) is 7.92. The lowest BCUT2D eigenvalue weighted by Crippen LogP contribution is -2.44. The van der Waals surface area contributed by atoms with Crippen molar-refractivity contribution in [2.24, 2.45) is 5.73 Å². The van der Waals surface area contributed by atoms with Gasteiger partial charge in [-0.15, -0.1) is 0 Å². The van der Waals surface area contributed by atoms with Crippen LogP contribution in [0.3, 0.4) is 0 Å². The fourth-order valence-corrected chi connectivity index (χ4v) is 1.50. The largest absolute Gasteiger partial charge is 0.369 e. The van der Waals surface area contributed by atoms with Gasteiger partial charge in [-0.2, -0.15) is 0 Å². The Balaban J connectivity index is 2.96. The minimum Gasteiger partial charge on any atom is -0.369 e. The van der Waals surface area contributed by atoms with Gasteiger partial charge in [0.25, 0.3) is 5.91 Å². The van der Waals surface area contributed by atoms with Crippen molar-refractivity contribution in [3.63, 3.8) is 0 Å². The summed E-state index contributed by atoms with van der Waals surface area (Å²) in [5.41, 5.74) is 6.57. The van der Waals surface area contributed by atoms with Crippen molar-refractivity contribution in [2.75, 3.05) is 19.1 Å².